The average molecular weight is 341 g/mol. The van der Waals surface area contributed by atoms with E-state index >= 15 is 0 Å². The zero-order valence-corrected chi connectivity index (χ0v) is 14.6. The number of fused-ring (bicyclic) bond motifs is 1. The standard InChI is InChI=1S/C15H21ClN4OS/c1-4-5-7-15(3,9-17-10(2)21)20-13-12-11(6-8-22-12)18-14(16)19-13/h6,8H,4-5,7,9H2,1-3H3,(H,17,21)(H,18,19,20)/t15-/m1/s1. The minimum atomic E-state index is -0.281. The van der Waals surface area contributed by atoms with Crippen molar-refractivity contribution in [3.8, 4) is 0 Å². The Morgan fingerprint density at radius 3 is 2.91 bits per heavy atom. The van der Waals surface area contributed by atoms with Crippen molar-refractivity contribution >= 4 is 44.9 Å². The lowest BCUT2D eigenvalue weighted by molar-refractivity contribution is -0.119. The molecular formula is C15H21ClN4OS. The van der Waals surface area contributed by atoms with Gasteiger partial charge in [0.25, 0.3) is 0 Å². The third-order valence-electron chi connectivity index (χ3n) is 3.51. The number of carbonyl (C=O) groups excluding carboxylic acids is 1. The highest BCUT2D eigenvalue weighted by Gasteiger charge is 2.25. The highest BCUT2D eigenvalue weighted by molar-refractivity contribution is 7.17. The van der Waals surface area contributed by atoms with Crippen molar-refractivity contribution in [1.82, 2.24) is 15.3 Å². The fourth-order valence-corrected chi connectivity index (χ4v) is 3.24. The SMILES string of the molecule is CCCC[C@](C)(CNC(C)=O)Nc1nc(Cl)nc2ccsc12. The van der Waals surface area contributed by atoms with Gasteiger partial charge in [-0.05, 0) is 36.4 Å². The van der Waals surface area contributed by atoms with E-state index in [4.69, 9.17) is 11.6 Å². The Labute approximate surface area is 139 Å². The Kier molecular flexibility index (Phi) is 5.58. The molecule has 0 fully saturated rings. The summed E-state index contributed by atoms with van der Waals surface area (Å²) in [5.74, 6) is 0.695. The van der Waals surface area contributed by atoms with Crippen LogP contribution in [0.1, 0.15) is 40.0 Å². The Hall–Kier alpha value is -1.40. The first kappa shape index (κ1) is 17.0. The van der Waals surface area contributed by atoms with Gasteiger partial charge in [-0.1, -0.05) is 19.8 Å². The monoisotopic (exact) mass is 340 g/mol. The van der Waals surface area contributed by atoms with Crippen LogP contribution in [0.25, 0.3) is 10.2 Å². The van der Waals surface area contributed by atoms with Crippen molar-refractivity contribution in [2.75, 3.05) is 11.9 Å². The molecule has 2 heterocycles. The van der Waals surface area contributed by atoms with E-state index < -0.39 is 0 Å². The summed E-state index contributed by atoms with van der Waals surface area (Å²) in [6.07, 6.45) is 3.09. The minimum absolute atomic E-state index is 0.0356. The third kappa shape index (κ3) is 4.30. The molecule has 1 atom stereocenters. The molecule has 0 aliphatic heterocycles. The Balaban J connectivity index is 2.27. The molecule has 22 heavy (non-hydrogen) atoms. The van der Waals surface area contributed by atoms with Crippen LogP contribution in [0.4, 0.5) is 5.82 Å². The summed E-state index contributed by atoms with van der Waals surface area (Å²) in [6, 6.07) is 1.93. The molecule has 0 aliphatic rings. The van der Waals surface area contributed by atoms with E-state index in [-0.39, 0.29) is 16.7 Å². The van der Waals surface area contributed by atoms with E-state index in [1.807, 2.05) is 11.4 Å². The molecule has 0 aromatic carbocycles. The second-order valence-corrected chi connectivity index (χ2v) is 6.93. The van der Waals surface area contributed by atoms with Gasteiger partial charge in [0.2, 0.25) is 11.2 Å². The van der Waals surface area contributed by atoms with Gasteiger partial charge in [0.15, 0.2) is 0 Å². The Morgan fingerprint density at radius 1 is 1.45 bits per heavy atom. The number of rotatable bonds is 7. The fourth-order valence-electron chi connectivity index (χ4n) is 2.29. The van der Waals surface area contributed by atoms with E-state index in [0.717, 1.165) is 35.3 Å². The molecule has 5 nitrogen and oxygen atoms in total. The van der Waals surface area contributed by atoms with Crippen LogP contribution < -0.4 is 10.6 Å². The number of carbonyl (C=O) groups is 1. The zero-order chi connectivity index (χ0) is 16.2. The summed E-state index contributed by atoms with van der Waals surface area (Å²) in [7, 11) is 0. The highest BCUT2D eigenvalue weighted by Crippen LogP contribution is 2.30. The van der Waals surface area contributed by atoms with Crippen LogP contribution in [0.5, 0.6) is 0 Å². The van der Waals surface area contributed by atoms with Gasteiger partial charge in [-0.3, -0.25) is 4.79 Å². The molecule has 2 aromatic heterocycles. The molecule has 0 spiro atoms. The average Bonchev–Trinajstić information content (AvgIpc) is 2.91. The maximum absolute atomic E-state index is 11.3. The lowest BCUT2D eigenvalue weighted by Gasteiger charge is -2.32. The van der Waals surface area contributed by atoms with Crippen LogP contribution in [-0.4, -0.2) is 28.0 Å². The summed E-state index contributed by atoms with van der Waals surface area (Å²) in [6.45, 7) is 6.31. The Bertz CT molecular complexity index is 660. The van der Waals surface area contributed by atoms with Gasteiger partial charge in [-0.2, -0.15) is 4.98 Å². The second-order valence-electron chi connectivity index (χ2n) is 5.68. The van der Waals surface area contributed by atoms with E-state index in [1.165, 1.54) is 6.92 Å². The van der Waals surface area contributed by atoms with Crippen molar-refractivity contribution in [3.63, 3.8) is 0 Å². The van der Waals surface area contributed by atoms with Gasteiger partial charge in [0.1, 0.15) is 5.82 Å². The summed E-state index contributed by atoms with van der Waals surface area (Å²) < 4.78 is 0.981. The molecule has 2 aromatic rings. The van der Waals surface area contributed by atoms with E-state index in [1.54, 1.807) is 11.3 Å². The normalized spacial score (nSPS) is 13.8. The number of anilines is 1. The van der Waals surface area contributed by atoms with Gasteiger partial charge in [-0.15, -0.1) is 11.3 Å². The number of nitrogens with zero attached hydrogens (tertiary/aromatic N) is 2. The smallest absolute Gasteiger partial charge is 0.224 e. The number of unbranched alkanes of at least 4 members (excludes halogenated alkanes) is 1. The molecule has 0 unspecified atom stereocenters. The first-order valence-corrected chi connectivity index (χ1v) is 8.62. The Morgan fingerprint density at radius 2 is 2.23 bits per heavy atom. The van der Waals surface area contributed by atoms with Crippen molar-refractivity contribution < 1.29 is 4.79 Å². The highest BCUT2D eigenvalue weighted by atomic mass is 35.5. The lowest BCUT2D eigenvalue weighted by atomic mass is 9.94. The second kappa shape index (κ2) is 7.24. The van der Waals surface area contributed by atoms with Crippen LogP contribution in [-0.2, 0) is 4.79 Å². The summed E-state index contributed by atoms with van der Waals surface area (Å²) in [5, 5.41) is 8.57. The van der Waals surface area contributed by atoms with Gasteiger partial charge in [-0.25, -0.2) is 4.98 Å². The van der Waals surface area contributed by atoms with Crippen LogP contribution in [0, 0.1) is 0 Å². The van der Waals surface area contributed by atoms with Crippen LogP contribution in [0.2, 0.25) is 5.28 Å². The molecule has 7 heteroatoms. The number of amides is 1. The largest absolute Gasteiger partial charge is 0.362 e. The number of thiophene rings is 1. The molecule has 2 rings (SSSR count). The van der Waals surface area contributed by atoms with Gasteiger partial charge in [0.05, 0.1) is 15.8 Å². The maximum atomic E-state index is 11.3. The molecule has 0 saturated carbocycles. The maximum Gasteiger partial charge on any atom is 0.224 e. The fraction of sp³-hybridized carbons (Fsp3) is 0.533. The summed E-state index contributed by atoms with van der Waals surface area (Å²) in [5.41, 5.74) is 0.556. The summed E-state index contributed by atoms with van der Waals surface area (Å²) >= 11 is 7.59. The third-order valence-corrected chi connectivity index (χ3v) is 4.59. The number of aromatic nitrogens is 2. The predicted octanol–water partition coefficient (Wildman–Crippen LogP) is 3.84. The van der Waals surface area contributed by atoms with E-state index in [9.17, 15) is 4.79 Å². The van der Waals surface area contributed by atoms with Crippen LogP contribution in [0.3, 0.4) is 0 Å². The van der Waals surface area contributed by atoms with Gasteiger partial charge in [0, 0.05) is 13.5 Å². The zero-order valence-electron chi connectivity index (χ0n) is 13.1. The molecule has 0 radical (unpaired) electrons. The molecule has 120 valence electrons. The van der Waals surface area contributed by atoms with E-state index in [0.29, 0.717) is 6.54 Å². The van der Waals surface area contributed by atoms with Gasteiger partial charge >= 0.3 is 0 Å². The lowest BCUT2D eigenvalue weighted by Crippen LogP contribution is -2.46. The van der Waals surface area contributed by atoms with E-state index in [2.05, 4.69) is 34.4 Å². The molecular weight excluding hydrogens is 320 g/mol. The van der Waals surface area contributed by atoms with Crippen molar-refractivity contribution in [3.05, 3.63) is 16.7 Å². The van der Waals surface area contributed by atoms with Crippen molar-refractivity contribution in [2.45, 2.75) is 45.6 Å². The molecule has 0 aliphatic carbocycles. The number of halogens is 1. The van der Waals surface area contributed by atoms with Crippen molar-refractivity contribution in [2.24, 2.45) is 0 Å². The van der Waals surface area contributed by atoms with Crippen molar-refractivity contribution in [1.29, 1.82) is 0 Å². The first-order valence-electron chi connectivity index (χ1n) is 7.37. The predicted molar refractivity (Wildman–Crippen MR) is 92.7 cm³/mol. The number of nitrogens with one attached hydrogen (secondary N) is 2. The minimum Gasteiger partial charge on any atom is -0.362 e. The number of hydrogen-bond acceptors (Lipinski definition) is 5. The molecule has 0 bridgehead atoms. The first-order chi connectivity index (χ1) is 10.4. The summed E-state index contributed by atoms with van der Waals surface area (Å²) in [4.78, 5) is 19.8. The molecule has 2 N–H and O–H groups in total. The van der Waals surface area contributed by atoms with Crippen LogP contribution in [0.15, 0.2) is 11.4 Å². The molecule has 0 saturated heterocycles. The van der Waals surface area contributed by atoms with Gasteiger partial charge < -0.3 is 10.6 Å². The topological polar surface area (TPSA) is 66.9 Å². The van der Waals surface area contributed by atoms with Crippen LogP contribution >= 0.6 is 22.9 Å². The molecule has 1 amide bonds. The quantitative estimate of drug-likeness (QED) is 0.751. The number of hydrogen-bond donors (Lipinski definition) is 2.